The molecule has 0 unspecified atom stereocenters. The van der Waals surface area contributed by atoms with E-state index in [-0.39, 0.29) is 10.1 Å². The molecule has 1 heterocycles. The molecular formula is C22H27N3O3S2. The summed E-state index contributed by atoms with van der Waals surface area (Å²) in [6.45, 7) is 2.81. The molecule has 3 aromatic rings. The lowest BCUT2D eigenvalue weighted by atomic mass is 9.99. The molecule has 1 aliphatic carbocycles. The van der Waals surface area contributed by atoms with Crippen LogP contribution in [-0.2, 0) is 16.6 Å². The molecule has 1 aromatic heterocycles. The zero-order valence-corrected chi connectivity index (χ0v) is 18.7. The summed E-state index contributed by atoms with van der Waals surface area (Å²) >= 11 is 4.07. The van der Waals surface area contributed by atoms with E-state index in [0.717, 1.165) is 17.9 Å². The first kappa shape index (κ1) is 21.2. The third kappa shape index (κ3) is 4.99. The second kappa shape index (κ2) is 8.99. The third-order valence-corrected chi connectivity index (χ3v) is 7.28. The smallest absolute Gasteiger partial charge is 0.262 e. The van der Waals surface area contributed by atoms with E-state index in [1.807, 2.05) is 18.2 Å². The monoisotopic (exact) mass is 445 g/mol. The Balaban J connectivity index is 1.46. The summed E-state index contributed by atoms with van der Waals surface area (Å²) in [6.07, 6.45) is 6.51. The standard InChI is InChI=1S/C22H27N3O3S2/c1-15(12-16-6-2-3-7-16)23-14-17-8-4-5-9-19(17)25-30(26,27)18-10-11-20-21(13-18)28-22(29)24-20/h4-5,8-11,13,15-16,23,25H,2-3,6-7,12,14H2,1H3,(H,24,29)/t15-/m0/s1. The number of sulfonamides is 1. The molecule has 0 amide bonds. The number of hydrogen-bond donors (Lipinski definition) is 3. The molecule has 2 aromatic carbocycles. The molecule has 1 saturated carbocycles. The van der Waals surface area contributed by atoms with Crippen molar-refractivity contribution < 1.29 is 12.8 Å². The summed E-state index contributed by atoms with van der Waals surface area (Å²) < 4.78 is 34.0. The van der Waals surface area contributed by atoms with Crippen LogP contribution in [0.25, 0.3) is 11.1 Å². The minimum atomic E-state index is -3.77. The van der Waals surface area contributed by atoms with Gasteiger partial charge in [-0.1, -0.05) is 56.5 Å². The molecule has 1 atom stereocenters. The fourth-order valence-corrected chi connectivity index (χ4v) is 5.47. The Kier molecular flexibility index (Phi) is 6.36. The van der Waals surface area contributed by atoms with Gasteiger partial charge in [0.1, 0.15) is 5.52 Å². The van der Waals surface area contributed by atoms with E-state index in [0.29, 0.717) is 29.4 Å². The number of anilines is 1. The van der Waals surface area contributed by atoms with Gasteiger partial charge >= 0.3 is 0 Å². The van der Waals surface area contributed by atoms with Gasteiger partial charge in [0.25, 0.3) is 15.2 Å². The zero-order valence-electron chi connectivity index (χ0n) is 17.0. The lowest BCUT2D eigenvalue weighted by Gasteiger charge is -2.19. The molecular weight excluding hydrogens is 418 g/mol. The van der Waals surface area contributed by atoms with E-state index in [9.17, 15) is 8.42 Å². The number of hydrogen-bond acceptors (Lipinski definition) is 6. The van der Waals surface area contributed by atoms with Crippen molar-refractivity contribution in [3.8, 4) is 0 Å². The minimum Gasteiger partial charge on any atom is -0.431 e. The molecule has 0 saturated heterocycles. The van der Waals surface area contributed by atoms with Gasteiger partial charge in [-0.3, -0.25) is 4.72 Å². The molecule has 4 rings (SSSR count). The van der Waals surface area contributed by atoms with E-state index in [1.165, 1.54) is 37.8 Å². The van der Waals surface area contributed by atoms with Gasteiger partial charge in [0.05, 0.1) is 10.6 Å². The summed E-state index contributed by atoms with van der Waals surface area (Å²) in [5.41, 5.74) is 2.45. The topological polar surface area (TPSA) is 84.2 Å². The Morgan fingerprint density at radius 1 is 1.20 bits per heavy atom. The number of benzene rings is 2. The van der Waals surface area contributed by atoms with Gasteiger partial charge in [0.15, 0.2) is 5.58 Å². The molecule has 0 radical (unpaired) electrons. The van der Waals surface area contributed by atoms with Crippen LogP contribution in [0.2, 0.25) is 0 Å². The maximum absolute atomic E-state index is 13.0. The van der Waals surface area contributed by atoms with Gasteiger partial charge in [0.2, 0.25) is 0 Å². The maximum Gasteiger partial charge on any atom is 0.262 e. The van der Waals surface area contributed by atoms with Gasteiger partial charge in [-0.25, -0.2) is 13.4 Å². The predicted molar refractivity (Wildman–Crippen MR) is 121 cm³/mol. The van der Waals surface area contributed by atoms with Gasteiger partial charge in [-0.2, -0.15) is 0 Å². The van der Waals surface area contributed by atoms with E-state index < -0.39 is 10.0 Å². The van der Waals surface area contributed by atoms with Crippen molar-refractivity contribution >= 4 is 39.4 Å². The highest BCUT2D eigenvalue weighted by molar-refractivity contribution is 7.92. The summed E-state index contributed by atoms with van der Waals surface area (Å²) in [6, 6.07) is 12.5. The number of aromatic nitrogens is 1. The lowest BCUT2D eigenvalue weighted by Crippen LogP contribution is -2.28. The van der Waals surface area contributed by atoms with Gasteiger partial charge < -0.3 is 9.73 Å². The molecule has 8 heteroatoms. The van der Waals surface area contributed by atoms with Crippen molar-refractivity contribution in [2.75, 3.05) is 4.72 Å². The van der Waals surface area contributed by atoms with Gasteiger partial charge in [-0.05, 0) is 43.0 Å². The summed E-state index contributed by atoms with van der Waals surface area (Å²) in [7, 11) is -3.77. The molecule has 0 aliphatic heterocycles. The van der Waals surface area contributed by atoms with Crippen molar-refractivity contribution in [2.24, 2.45) is 5.92 Å². The van der Waals surface area contributed by atoms with Crippen LogP contribution in [-0.4, -0.2) is 19.4 Å². The molecule has 0 spiro atoms. The van der Waals surface area contributed by atoms with Gasteiger partial charge in [-0.15, -0.1) is 0 Å². The fourth-order valence-electron chi connectivity index (χ4n) is 4.15. The van der Waals surface area contributed by atoms with Crippen LogP contribution in [0.3, 0.4) is 0 Å². The number of para-hydroxylation sites is 1. The number of fused-ring (bicyclic) bond motifs is 1. The van der Waals surface area contributed by atoms with E-state index in [4.69, 9.17) is 4.42 Å². The largest absolute Gasteiger partial charge is 0.431 e. The Morgan fingerprint density at radius 2 is 1.97 bits per heavy atom. The minimum absolute atomic E-state index is 0.122. The lowest BCUT2D eigenvalue weighted by molar-refractivity contribution is 0.404. The summed E-state index contributed by atoms with van der Waals surface area (Å²) in [4.78, 5) is 4.21. The van der Waals surface area contributed by atoms with Crippen LogP contribution < -0.4 is 10.0 Å². The average molecular weight is 446 g/mol. The highest BCUT2D eigenvalue weighted by Crippen LogP contribution is 2.29. The fraction of sp³-hybridized carbons (Fsp3) is 0.409. The van der Waals surface area contributed by atoms with Crippen LogP contribution in [0, 0.1) is 5.92 Å². The molecule has 30 heavy (non-hydrogen) atoms. The molecule has 6 nitrogen and oxygen atoms in total. The van der Waals surface area contributed by atoms with Crippen LogP contribution in [0.1, 0.15) is 44.6 Å². The van der Waals surface area contributed by atoms with E-state index >= 15 is 0 Å². The van der Waals surface area contributed by atoms with Crippen LogP contribution >= 0.6 is 12.6 Å². The first-order valence-electron chi connectivity index (χ1n) is 10.3. The third-order valence-electron chi connectivity index (χ3n) is 5.72. The quantitative estimate of drug-likeness (QED) is 0.426. The first-order valence-corrected chi connectivity index (χ1v) is 12.3. The Bertz CT molecular complexity index is 1120. The Morgan fingerprint density at radius 3 is 2.77 bits per heavy atom. The van der Waals surface area contributed by atoms with Crippen molar-refractivity contribution in [1.82, 2.24) is 10.3 Å². The number of rotatable bonds is 8. The second-order valence-corrected chi connectivity index (χ2v) is 10.1. The van der Waals surface area contributed by atoms with Crippen LogP contribution in [0.4, 0.5) is 5.69 Å². The first-order chi connectivity index (χ1) is 14.4. The highest BCUT2D eigenvalue weighted by Gasteiger charge is 2.20. The van der Waals surface area contributed by atoms with E-state index in [2.05, 4.69) is 34.6 Å². The molecule has 1 fully saturated rings. The highest BCUT2D eigenvalue weighted by atomic mass is 32.2. The van der Waals surface area contributed by atoms with Crippen molar-refractivity contribution in [1.29, 1.82) is 0 Å². The number of nitrogens with one attached hydrogen (secondary N) is 2. The second-order valence-electron chi connectivity index (χ2n) is 8.06. The molecule has 1 aliphatic rings. The van der Waals surface area contributed by atoms with E-state index in [1.54, 1.807) is 12.1 Å². The van der Waals surface area contributed by atoms with Crippen molar-refractivity contribution in [3.05, 3.63) is 48.0 Å². The van der Waals surface area contributed by atoms with Crippen molar-refractivity contribution in [3.63, 3.8) is 0 Å². The normalized spacial score (nSPS) is 16.2. The van der Waals surface area contributed by atoms with Crippen LogP contribution in [0.15, 0.2) is 57.0 Å². The number of thiol groups is 1. The Hall–Kier alpha value is -2.03. The maximum atomic E-state index is 13.0. The average Bonchev–Trinajstić information content (AvgIpc) is 3.34. The summed E-state index contributed by atoms with van der Waals surface area (Å²) in [5, 5.41) is 3.76. The Labute approximate surface area is 182 Å². The summed E-state index contributed by atoms with van der Waals surface area (Å²) in [5.74, 6) is 0.810. The SMILES string of the molecule is C[C@@H](CC1CCCC1)NCc1ccccc1NS(=O)(=O)c1ccc2nc(S)oc2c1. The predicted octanol–water partition coefficient (Wildman–Crippen LogP) is 4.98. The van der Waals surface area contributed by atoms with Gasteiger partial charge in [0, 0.05) is 18.7 Å². The van der Waals surface area contributed by atoms with Crippen LogP contribution in [0.5, 0.6) is 0 Å². The molecule has 0 bridgehead atoms. The number of nitrogens with zero attached hydrogens (tertiary/aromatic N) is 1. The molecule has 160 valence electrons. The zero-order chi connectivity index (χ0) is 21.1. The number of oxazole rings is 1. The molecule has 2 N–H and O–H groups in total. The van der Waals surface area contributed by atoms with Crippen molar-refractivity contribution in [2.45, 2.75) is 61.7 Å².